The molecule has 1 N–H and O–H groups in total. The molecule has 0 bridgehead atoms. The molecule has 5 nitrogen and oxygen atoms in total. The summed E-state index contributed by atoms with van der Waals surface area (Å²) in [7, 11) is 0. The predicted octanol–water partition coefficient (Wildman–Crippen LogP) is 2.19. The van der Waals surface area contributed by atoms with Crippen molar-refractivity contribution in [2.75, 3.05) is 6.54 Å². The topological polar surface area (TPSA) is 70.5 Å². The number of carboxylic acid groups (broad SMARTS) is 1. The molecule has 0 aliphatic carbocycles. The van der Waals surface area contributed by atoms with Crippen LogP contribution in [-0.4, -0.2) is 45.6 Å². The van der Waals surface area contributed by atoms with Crippen LogP contribution in [0.2, 0.25) is 0 Å². The number of halogens is 3. The molecule has 20 heavy (non-hydrogen) atoms. The molecule has 0 spiro atoms. The first-order chi connectivity index (χ1) is 9.13. The molecule has 0 aromatic carbocycles. The molecule has 1 aromatic rings. The van der Waals surface area contributed by atoms with Gasteiger partial charge in [-0.2, -0.15) is 13.2 Å². The minimum Gasteiger partial charge on any atom is -0.478 e. The average Bonchev–Trinajstić information content (AvgIpc) is 2.33. The monoisotopic (exact) mass is 290 g/mol. The third-order valence-corrected chi connectivity index (χ3v) is 2.47. The molecule has 0 aliphatic rings. The number of amides is 1. The van der Waals surface area contributed by atoms with Crippen LogP contribution >= 0.6 is 0 Å². The minimum absolute atomic E-state index is 0.426. The number of carbonyl (C=O) groups excluding carboxylic acids is 1. The summed E-state index contributed by atoms with van der Waals surface area (Å²) in [6.07, 6.45) is -3.41. The summed E-state index contributed by atoms with van der Waals surface area (Å²) >= 11 is 0. The molecule has 0 saturated carbocycles. The maximum atomic E-state index is 12.5. The van der Waals surface area contributed by atoms with Crippen molar-refractivity contribution >= 4 is 11.9 Å². The second kappa shape index (κ2) is 5.89. The third kappa shape index (κ3) is 3.94. The first kappa shape index (κ1) is 15.9. The van der Waals surface area contributed by atoms with Crippen molar-refractivity contribution in [1.29, 1.82) is 0 Å². The molecule has 1 amide bonds. The number of hydrogen-bond acceptors (Lipinski definition) is 3. The van der Waals surface area contributed by atoms with Gasteiger partial charge < -0.3 is 10.0 Å². The van der Waals surface area contributed by atoms with Gasteiger partial charge in [0.15, 0.2) is 0 Å². The number of aromatic nitrogens is 1. The maximum Gasteiger partial charge on any atom is 0.406 e. The van der Waals surface area contributed by atoms with Gasteiger partial charge >= 0.3 is 12.1 Å². The van der Waals surface area contributed by atoms with Crippen LogP contribution in [0.25, 0.3) is 0 Å². The van der Waals surface area contributed by atoms with Gasteiger partial charge in [0, 0.05) is 12.2 Å². The molecule has 0 saturated heterocycles. The van der Waals surface area contributed by atoms with Gasteiger partial charge in [-0.1, -0.05) is 0 Å². The van der Waals surface area contributed by atoms with Crippen LogP contribution in [0, 0.1) is 0 Å². The molecule has 0 fully saturated rings. The highest BCUT2D eigenvalue weighted by atomic mass is 19.4. The van der Waals surface area contributed by atoms with Crippen molar-refractivity contribution < 1.29 is 27.9 Å². The summed E-state index contributed by atoms with van der Waals surface area (Å²) < 4.78 is 37.4. The Morgan fingerprint density at radius 2 is 2.00 bits per heavy atom. The van der Waals surface area contributed by atoms with Crippen molar-refractivity contribution in [3.8, 4) is 0 Å². The van der Waals surface area contributed by atoms with E-state index in [2.05, 4.69) is 4.98 Å². The lowest BCUT2D eigenvalue weighted by Crippen LogP contribution is -2.44. The third-order valence-electron chi connectivity index (χ3n) is 2.47. The van der Waals surface area contributed by atoms with Crippen molar-refractivity contribution in [2.45, 2.75) is 26.1 Å². The Labute approximate surface area is 113 Å². The van der Waals surface area contributed by atoms with Gasteiger partial charge in [0.1, 0.15) is 12.2 Å². The van der Waals surface area contributed by atoms with E-state index in [9.17, 15) is 22.8 Å². The first-order valence-corrected chi connectivity index (χ1v) is 5.69. The molecule has 1 heterocycles. The van der Waals surface area contributed by atoms with E-state index in [4.69, 9.17) is 5.11 Å². The lowest BCUT2D eigenvalue weighted by atomic mass is 10.1. The molecule has 110 valence electrons. The number of pyridine rings is 1. The molecule has 0 radical (unpaired) electrons. The van der Waals surface area contributed by atoms with Crippen molar-refractivity contribution in [3.05, 3.63) is 29.6 Å². The van der Waals surface area contributed by atoms with Gasteiger partial charge in [-0.3, -0.25) is 9.78 Å². The molecule has 8 heteroatoms. The normalized spacial score (nSPS) is 11.5. The molecule has 0 atom stereocenters. The van der Waals surface area contributed by atoms with Crippen LogP contribution in [0.5, 0.6) is 0 Å². The van der Waals surface area contributed by atoms with Gasteiger partial charge in [0.05, 0.1) is 5.56 Å². The Morgan fingerprint density at radius 3 is 2.45 bits per heavy atom. The highest BCUT2D eigenvalue weighted by Crippen LogP contribution is 2.20. The van der Waals surface area contributed by atoms with Crippen molar-refractivity contribution in [1.82, 2.24) is 9.88 Å². The zero-order chi connectivity index (χ0) is 15.5. The lowest BCUT2D eigenvalue weighted by molar-refractivity contribution is -0.143. The summed E-state index contributed by atoms with van der Waals surface area (Å²) in [5.74, 6) is -2.48. The van der Waals surface area contributed by atoms with Gasteiger partial charge in [0.2, 0.25) is 0 Å². The Bertz CT molecular complexity index is 515. The van der Waals surface area contributed by atoms with Crippen LogP contribution < -0.4 is 0 Å². The maximum absolute atomic E-state index is 12.5. The molecular formula is C12H13F3N2O3. The van der Waals surface area contributed by atoms with Crippen LogP contribution in [0.3, 0.4) is 0 Å². The molecule has 0 unspecified atom stereocenters. The van der Waals surface area contributed by atoms with E-state index in [1.165, 1.54) is 19.9 Å². The van der Waals surface area contributed by atoms with Crippen LogP contribution in [0.4, 0.5) is 13.2 Å². The number of rotatable bonds is 4. The largest absolute Gasteiger partial charge is 0.478 e. The van der Waals surface area contributed by atoms with Crippen molar-refractivity contribution in [2.24, 2.45) is 0 Å². The van der Waals surface area contributed by atoms with Gasteiger partial charge in [-0.15, -0.1) is 0 Å². The van der Waals surface area contributed by atoms with Gasteiger partial charge in [-0.25, -0.2) is 4.79 Å². The second-order valence-corrected chi connectivity index (χ2v) is 4.35. The Kier molecular flexibility index (Phi) is 4.69. The summed E-state index contributed by atoms with van der Waals surface area (Å²) in [5.41, 5.74) is -0.928. The van der Waals surface area contributed by atoms with Crippen LogP contribution in [-0.2, 0) is 0 Å². The zero-order valence-corrected chi connectivity index (χ0v) is 10.8. The number of nitrogens with zero attached hydrogens (tertiary/aromatic N) is 2. The van der Waals surface area contributed by atoms with E-state index in [-0.39, 0.29) is 0 Å². The highest BCUT2D eigenvalue weighted by Gasteiger charge is 2.36. The molecule has 0 aliphatic heterocycles. The summed E-state index contributed by atoms with van der Waals surface area (Å²) in [5, 5.41) is 8.93. The standard InChI is InChI=1S/C12H13F3N2O3/c1-7(2)17(6-12(13,14)15)10(18)9-8(11(19)20)4-3-5-16-9/h3-5,7H,6H2,1-2H3,(H,19,20). The van der Waals surface area contributed by atoms with Gasteiger partial charge in [0.25, 0.3) is 5.91 Å². The number of carboxylic acids is 1. The van der Waals surface area contributed by atoms with Crippen molar-refractivity contribution in [3.63, 3.8) is 0 Å². The number of alkyl halides is 3. The van der Waals surface area contributed by atoms with E-state index >= 15 is 0 Å². The van der Waals surface area contributed by atoms with E-state index in [0.717, 1.165) is 12.3 Å². The minimum atomic E-state index is -4.57. The number of aromatic carboxylic acids is 1. The number of carbonyl (C=O) groups is 2. The summed E-state index contributed by atoms with van der Waals surface area (Å²) in [4.78, 5) is 27.2. The quantitative estimate of drug-likeness (QED) is 0.922. The second-order valence-electron chi connectivity index (χ2n) is 4.35. The molecule has 1 rings (SSSR count). The SMILES string of the molecule is CC(C)N(CC(F)(F)F)C(=O)c1ncccc1C(=O)O. The Balaban J connectivity index is 3.17. The molecule has 1 aromatic heterocycles. The van der Waals surface area contributed by atoms with E-state index < -0.39 is 41.9 Å². The average molecular weight is 290 g/mol. The smallest absolute Gasteiger partial charge is 0.406 e. The van der Waals surface area contributed by atoms with Gasteiger partial charge in [-0.05, 0) is 26.0 Å². The Hall–Kier alpha value is -2.12. The lowest BCUT2D eigenvalue weighted by Gasteiger charge is -2.27. The van der Waals surface area contributed by atoms with E-state index in [0.29, 0.717) is 4.90 Å². The summed E-state index contributed by atoms with van der Waals surface area (Å²) in [6.45, 7) is 1.36. The van der Waals surface area contributed by atoms with Crippen LogP contribution in [0.15, 0.2) is 18.3 Å². The fourth-order valence-electron chi connectivity index (χ4n) is 1.57. The van der Waals surface area contributed by atoms with E-state index in [1.807, 2.05) is 0 Å². The zero-order valence-electron chi connectivity index (χ0n) is 10.8. The fourth-order valence-corrected chi connectivity index (χ4v) is 1.57. The predicted molar refractivity (Wildman–Crippen MR) is 63.4 cm³/mol. The van der Waals surface area contributed by atoms with Crippen LogP contribution in [0.1, 0.15) is 34.7 Å². The molecular weight excluding hydrogens is 277 g/mol. The van der Waals surface area contributed by atoms with E-state index in [1.54, 1.807) is 0 Å². The first-order valence-electron chi connectivity index (χ1n) is 5.69. The highest BCUT2D eigenvalue weighted by molar-refractivity contribution is 6.03. The number of hydrogen-bond donors (Lipinski definition) is 1. The fraction of sp³-hybridized carbons (Fsp3) is 0.417. The summed E-state index contributed by atoms with van der Waals surface area (Å²) in [6, 6.07) is 1.67. The Morgan fingerprint density at radius 1 is 1.40 bits per heavy atom.